The third kappa shape index (κ3) is 6.23. The standard InChI is InChI=1S/C10H20N2O4/c1-10(2,7-16-4)11-9(15)12(3)6-5-8(13)14/h5-7H2,1-4H3,(H,11,15)(H,13,14). The fourth-order valence-corrected chi connectivity index (χ4v) is 1.15. The van der Waals surface area contributed by atoms with Crippen molar-refractivity contribution >= 4 is 12.0 Å². The molecule has 0 aromatic rings. The monoisotopic (exact) mass is 232 g/mol. The Morgan fingerprint density at radius 2 is 2.00 bits per heavy atom. The topological polar surface area (TPSA) is 78.9 Å². The summed E-state index contributed by atoms with van der Waals surface area (Å²) in [5.74, 6) is -0.921. The van der Waals surface area contributed by atoms with E-state index in [2.05, 4.69) is 5.32 Å². The van der Waals surface area contributed by atoms with Crippen LogP contribution in [0, 0.1) is 0 Å². The van der Waals surface area contributed by atoms with E-state index in [9.17, 15) is 9.59 Å². The lowest BCUT2D eigenvalue weighted by molar-refractivity contribution is -0.137. The highest BCUT2D eigenvalue weighted by Gasteiger charge is 2.22. The summed E-state index contributed by atoms with van der Waals surface area (Å²) in [4.78, 5) is 23.3. The molecule has 6 nitrogen and oxygen atoms in total. The van der Waals surface area contributed by atoms with Crippen LogP contribution in [0.4, 0.5) is 4.79 Å². The fourth-order valence-electron chi connectivity index (χ4n) is 1.15. The Bertz CT molecular complexity index is 253. The zero-order valence-electron chi connectivity index (χ0n) is 10.2. The van der Waals surface area contributed by atoms with E-state index in [4.69, 9.17) is 9.84 Å². The van der Waals surface area contributed by atoms with E-state index >= 15 is 0 Å². The predicted molar refractivity (Wildman–Crippen MR) is 59.4 cm³/mol. The molecule has 0 saturated heterocycles. The second-order valence-corrected chi connectivity index (χ2v) is 4.31. The summed E-state index contributed by atoms with van der Waals surface area (Å²) in [5.41, 5.74) is -0.469. The summed E-state index contributed by atoms with van der Waals surface area (Å²) in [5, 5.41) is 11.2. The molecule has 0 aliphatic rings. The molecular weight excluding hydrogens is 212 g/mol. The number of amides is 2. The molecule has 0 atom stereocenters. The van der Waals surface area contributed by atoms with Gasteiger partial charge in [-0.25, -0.2) is 4.79 Å². The number of nitrogens with zero attached hydrogens (tertiary/aromatic N) is 1. The van der Waals surface area contributed by atoms with Crippen LogP contribution in [0.15, 0.2) is 0 Å². The van der Waals surface area contributed by atoms with Crippen molar-refractivity contribution in [3.05, 3.63) is 0 Å². The molecule has 0 unspecified atom stereocenters. The smallest absolute Gasteiger partial charge is 0.317 e. The van der Waals surface area contributed by atoms with Crippen LogP contribution in [0.3, 0.4) is 0 Å². The molecular formula is C10H20N2O4. The average molecular weight is 232 g/mol. The van der Waals surface area contributed by atoms with Gasteiger partial charge in [0.25, 0.3) is 0 Å². The maximum Gasteiger partial charge on any atom is 0.317 e. The Morgan fingerprint density at radius 3 is 2.44 bits per heavy atom. The molecule has 0 aliphatic carbocycles. The number of carbonyl (C=O) groups excluding carboxylic acids is 1. The van der Waals surface area contributed by atoms with Crippen molar-refractivity contribution in [2.24, 2.45) is 0 Å². The third-order valence-electron chi connectivity index (χ3n) is 1.96. The highest BCUT2D eigenvalue weighted by atomic mass is 16.5. The van der Waals surface area contributed by atoms with Crippen molar-refractivity contribution in [1.29, 1.82) is 0 Å². The van der Waals surface area contributed by atoms with Gasteiger partial charge in [-0.05, 0) is 13.8 Å². The van der Waals surface area contributed by atoms with E-state index in [1.807, 2.05) is 13.8 Å². The van der Waals surface area contributed by atoms with E-state index in [0.29, 0.717) is 6.61 Å². The van der Waals surface area contributed by atoms with Crippen molar-refractivity contribution in [3.8, 4) is 0 Å². The summed E-state index contributed by atoms with van der Waals surface area (Å²) < 4.78 is 4.96. The van der Waals surface area contributed by atoms with Crippen LogP contribution in [-0.2, 0) is 9.53 Å². The molecule has 0 aliphatic heterocycles. The van der Waals surface area contributed by atoms with Crippen LogP contribution in [0.2, 0.25) is 0 Å². The summed E-state index contributed by atoms with van der Waals surface area (Å²) in [6.07, 6.45) is -0.0609. The zero-order chi connectivity index (χ0) is 12.8. The first-order valence-corrected chi connectivity index (χ1v) is 5.02. The molecule has 2 amide bonds. The van der Waals surface area contributed by atoms with Crippen LogP contribution < -0.4 is 5.32 Å². The van der Waals surface area contributed by atoms with Gasteiger partial charge in [0.1, 0.15) is 0 Å². The number of ether oxygens (including phenoxy) is 1. The minimum absolute atomic E-state index is 0.0609. The first kappa shape index (κ1) is 14.7. The number of hydrogen-bond donors (Lipinski definition) is 2. The van der Waals surface area contributed by atoms with Gasteiger partial charge in [-0.15, -0.1) is 0 Å². The maximum absolute atomic E-state index is 11.6. The molecule has 16 heavy (non-hydrogen) atoms. The van der Waals surface area contributed by atoms with Gasteiger partial charge < -0.3 is 20.1 Å². The maximum atomic E-state index is 11.6. The van der Waals surface area contributed by atoms with Gasteiger partial charge in [-0.2, -0.15) is 0 Å². The van der Waals surface area contributed by atoms with Crippen LogP contribution in [0.25, 0.3) is 0 Å². The first-order valence-electron chi connectivity index (χ1n) is 5.02. The molecule has 6 heteroatoms. The highest BCUT2D eigenvalue weighted by molar-refractivity contribution is 5.75. The number of methoxy groups -OCH3 is 1. The van der Waals surface area contributed by atoms with Crippen LogP contribution in [0.1, 0.15) is 20.3 Å². The van der Waals surface area contributed by atoms with Crippen molar-refractivity contribution in [2.75, 3.05) is 27.3 Å². The Labute approximate surface area is 95.6 Å². The Kier molecular flexibility index (Phi) is 5.81. The lowest BCUT2D eigenvalue weighted by atomic mass is 10.1. The van der Waals surface area contributed by atoms with Gasteiger partial charge in [0.05, 0.1) is 18.6 Å². The number of urea groups is 1. The van der Waals surface area contributed by atoms with E-state index in [1.54, 1.807) is 14.2 Å². The first-order chi connectivity index (χ1) is 7.28. The molecule has 0 radical (unpaired) electrons. The van der Waals surface area contributed by atoms with Crippen molar-refractivity contribution in [2.45, 2.75) is 25.8 Å². The van der Waals surface area contributed by atoms with Crippen molar-refractivity contribution in [1.82, 2.24) is 10.2 Å². The minimum atomic E-state index is -0.921. The lowest BCUT2D eigenvalue weighted by Gasteiger charge is -2.28. The van der Waals surface area contributed by atoms with Crippen molar-refractivity contribution in [3.63, 3.8) is 0 Å². The molecule has 0 rings (SSSR count). The molecule has 0 aromatic carbocycles. The normalized spacial score (nSPS) is 11.0. The lowest BCUT2D eigenvalue weighted by Crippen LogP contribution is -2.51. The zero-order valence-corrected chi connectivity index (χ0v) is 10.2. The van der Waals surface area contributed by atoms with E-state index in [0.717, 1.165) is 0 Å². The quantitative estimate of drug-likeness (QED) is 0.700. The Balaban J connectivity index is 4.09. The highest BCUT2D eigenvalue weighted by Crippen LogP contribution is 2.03. The van der Waals surface area contributed by atoms with Crippen LogP contribution >= 0.6 is 0 Å². The van der Waals surface area contributed by atoms with Gasteiger partial charge >= 0.3 is 12.0 Å². The Morgan fingerprint density at radius 1 is 1.44 bits per heavy atom. The number of nitrogens with one attached hydrogen (secondary N) is 1. The van der Waals surface area contributed by atoms with Gasteiger partial charge in [0.15, 0.2) is 0 Å². The fraction of sp³-hybridized carbons (Fsp3) is 0.800. The summed E-state index contributed by atoms with van der Waals surface area (Å²) in [7, 11) is 3.11. The molecule has 94 valence electrons. The number of aliphatic carboxylic acids is 1. The number of carboxylic acids is 1. The molecule has 0 spiro atoms. The van der Waals surface area contributed by atoms with Gasteiger partial charge in [0.2, 0.25) is 0 Å². The van der Waals surface area contributed by atoms with Crippen LogP contribution in [-0.4, -0.2) is 54.9 Å². The molecule has 2 N–H and O–H groups in total. The van der Waals surface area contributed by atoms with Gasteiger partial charge in [-0.3, -0.25) is 4.79 Å². The SMILES string of the molecule is COCC(C)(C)NC(=O)N(C)CCC(=O)O. The predicted octanol–water partition coefficient (Wildman–Crippen LogP) is 0.527. The van der Waals surface area contributed by atoms with E-state index in [-0.39, 0.29) is 19.0 Å². The molecule has 0 bridgehead atoms. The van der Waals surface area contributed by atoms with E-state index < -0.39 is 11.5 Å². The number of hydrogen-bond acceptors (Lipinski definition) is 3. The number of carbonyl (C=O) groups is 2. The summed E-state index contributed by atoms with van der Waals surface area (Å²) in [6.45, 7) is 4.24. The largest absolute Gasteiger partial charge is 0.481 e. The minimum Gasteiger partial charge on any atom is -0.481 e. The summed E-state index contributed by atoms with van der Waals surface area (Å²) in [6, 6.07) is -0.302. The second-order valence-electron chi connectivity index (χ2n) is 4.31. The molecule has 0 aromatic heterocycles. The average Bonchev–Trinajstić information content (AvgIpc) is 2.12. The molecule has 0 fully saturated rings. The van der Waals surface area contributed by atoms with Gasteiger partial charge in [0, 0.05) is 20.7 Å². The molecule has 0 saturated carbocycles. The van der Waals surface area contributed by atoms with Crippen molar-refractivity contribution < 1.29 is 19.4 Å². The molecule has 0 heterocycles. The third-order valence-corrected chi connectivity index (χ3v) is 1.96. The van der Waals surface area contributed by atoms with E-state index in [1.165, 1.54) is 4.90 Å². The number of carboxylic acid groups (broad SMARTS) is 1. The van der Waals surface area contributed by atoms with Gasteiger partial charge in [-0.1, -0.05) is 0 Å². The second kappa shape index (κ2) is 6.32. The Hall–Kier alpha value is -1.30. The summed E-state index contributed by atoms with van der Waals surface area (Å²) >= 11 is 0. The number of rotatable bonds is 6. The van der Waals surface area contributed by atoms with Crippen LogP contribution in [0.5, 0.6) is 0 Å².